The number of carbonyl (C=O) groups is 1. The SMILES string of the molecule is CC(C)(C)c1ccc(OCCNC(=O)[C@@H]2CC[C@H](CN)O2)cc1. The summed E-state index contributed by atoms with van der Waals surface area (Å²) in [5.74, 6) is 0.736. The van der Waals surface area contributed by atoms with Crippen molar-refractivity contribution in [3.05, 3.63) is 29.8 Å². The highest BCUT2D eigenvalue weighted by Crippen LogP contribution is 2.24. The van der Waals surface area contributed by atoms with Gasteiger partial charge in [-0.05, 0) is 36.0 Å². The fourth-order valence-electron chi connectivity index (χ4n) is 2.58. The second kappa shape index (κ2) is 7.79. The number of hydrogen-bond acceptors (Lipinski definition) is 4. The van der Waals surface area contributed by atoms with Crippen LogP contribution in [0, 0.1) is 0 Å². The van der Waals surface area contributed by atoms with Gasteiger partial charge < -0.3 is 20.5 Å². The summed E-state index contributed by atoms with van der Waals surface area (Å²) >= 11 is 0. The standard InChI is InChI=1S/C18H28N2O3/c1-18(2,3)13-4-6-14(7-5-13)22-11-10-20-17(21)16-9-8-15(12-19)23-16/h4-7,15-16H,8-12,19H2,1-3H3,(H,20,21)/t15-,16+/m1/s1. The van der Waals surface area contributed by atoms with Crippen molar-refractivity contribution in [2.24, 2.45) is 5.73 Å². The van der Waals surface area contributed by atoms with Crippen LogP contribution in [0.15, 0.2) is 24.3 Å². The third-order valence-corrected chi connectivity index (χ3v) is 4.05. The largest absolute Gasteiger partial charge is 0.492 e. The van der Waals surface area contributed by atoms with Crippen LogP contribution in [0.3, 0.4) is 0 Å². The van der Waals surface area contributed by atoms with Crippen molar-refractivity contribution in [1.82, 2.24) is 5.32 Å². The molecule has 1 aliphatic rings. The lowest BCUT2D eigenvalue weighted by atomic mass is 9.87. The monoisotopic (exact) mass is 320 g/mol. The lowest BCUT2D eigenvalue weighted by Gasteiger charge is -2.19. The molecule has 1 saturated heterocycles. The Balaban J connectivity index is 1.68. The van der Waals surface area contributed by atoms with E-state index < -0.39 is 0 Å². The summed E-state index contributed by atoms with van der Waals surface area (Å²) in [6.07, 6.45) is 1.24. The van der Waals surface area contributed by atoms with Gasteiger partial charge in [0.2, 0.25) is 5.91 Å². The summed E-state index contributed by atoms with van der Waals surface area (Å²) in [6, 6.07) is 8.09. The van der Waals surface area contributed by atoms with Gasteiger partial charge in [-0.3, -0.25) is 4.79 Å². The molecular formula is C18H28N2O3. The zero-order chi connectivity index (χ0) is 16.9. The molecule has 0 aromatic heterocycles. The van der Waals surface area contributed by atoms with E-state index >= 15 is 0 Å². The summed E-state index contributed by atoms with van der Waals surface area (Å²) in [5.41, 5.74) is 6.95. The minimum Gasteiger partial charge on any atom is -0.492 e. The molecule has 2 atom stereocenters. The number of amides is 1. The van der Waals surface area contributed by atoms with Crippen LogP contribution >= 0.6 is 0 Å². The lowest BCUT2D eigenvalue weighted by molar-refractivity contribution is -0.131. The van der Waals surface area contributed by atoms with Crippen LogP contribution in [-0.4, -0.2) is 37.8 Å². The summed E-state index contributed by atoms with van der Waals surface area (Å²) in [4.78, 5) is 11.9. The smallest absolute Gasteiger partial charge is 0.249 e. The molecule has 0 saturated carbocycles. The summed E-state index contributed by atoms with van der Waals surface area (Å²) in [5, 5.41) is 2.85. The number of rotatable bonds is 6. The molecular weight excluding hydrogens is 292 g/mol. The van der Waals surface area contributed by atoms with Crippen molar-refractivity contribution < 1.29 is 14.3 Å². The van der Waals surface area contributed by atoms with E-state index in [1.807, 2.05) is 12.1 Å². The Morgan fingerprint density at radius 2 is 2.00 bits per heavy atom. The van der Waals surface area contributed by atoms with Gasteiger partial charge >= 0.3 is 0 Å². The van der Waals surface area contributed by atoms with Crippen molar-refractivity contribution >= 4 is 5.91 Å². The molecule has 23 heavy (non-hydrogen) atoms. The maximum Gasteiger partial charge on any atom is 0.249 e. The van der Waals surface area contributed by atoms with Crippen LogP contribution in [0.1, 0.15) is 39.2 Å². The third kappa shape index (κ3) is 5.22. The van der Waals surface area contributed by atoms with Gasteiger partial charge in [-0.15, -0.1) is 0 Å². The van der Waals surface area contributed by atoms with E-state index in [1.165, 1.54) is 5.56 Å². The van der Waals surface area contributed by atoms with Crippen LogP contribution in [0.4, 0.5) is 0 Å². The second-order valence-corrected chi connectivity index (χ2v) is 6.97. The van der Waals surface area contributed by atoms with E-state index in [-0.39, 0.29) is 23.5 Å². The van der Waals surface area contributed by atoms with E-state index in [0.29, 0.717) is 19.7 Å². The molecule has 1 aromatic rings. The molecule has 128 valence electrons. The van der Waals surface area contributed by atoms with Crippen molar-refractivity contribution in [2.75, 3.05) is 19.7 Å². The Bertz CT molecular complexity index is 508. The highest BCUT2D eigenvalue weighted by atomic mass is 16.5. The molecule has 0 radical (unpaired) electrons. The maximum atomic E-state index is 11.9. The Morgan fingerprint density at radius 3 is 2.57 bits per heavy atom. The average Bonchev–Trinajstić information content (AvgIpc) is 3.00. The predicted molar refractivity (Wildman–Crippen MR) is 90.6 cm³/mol. The topological polar surface area (TPSA) is 73.6 Å². The average molecular weight is 320 g/mol. The van der Waals surface area contributed by atoms with E-state index in [9.17, 15) is 4.79 Å². The lowest BCUT2D eigenvalue weighted by Crippen LogP contribution is -2.37. The fraction of sp³-hybridized carbons (Fsp3) is 0.611. The molecule has 5 heteroatoms. The molecule has 0 spiro atoms. The first-order valence-electron chi connectivity index (χ1n) is 8.26. The number of nitrogens with one attached hydrogen (secondary N) is 1. The van der Waals surface area contributed by atoms with Crippen molar-refractivity contribution in [2.45, 2.75) is 51.2 Å². The van der Waals surface area contributed by atoms with Gasteiger partial charge in [0.05, 0.1) is 12.6 Å². The molecule has 1 amide bonds. The Labute approximate surface area is 138 Å². The normalized spacial score (nSPS) is 21.2. The maximum absolute atomic E-state index is 11.9. The van der Waals surface area contributed by atoms with Gasteiger partial charge in [-0.2, -0.15) is 0 Å². The highest BCUT2D eigenvalue weighted by molar-refractivity contribution is 5.81. The molecule has 5 nitrogen and oxygen atoms in total. The van der Waals surface area contributed by atoms with Crippen molar-refractivity contribution in [3.63, 3.8) is 0 Å². The quantitative estimate of drug-likeness (QED) is 0.786. The van der Waals surface area contributed by atoms with Crippen molar-refractivity contribution in [3.8, 4) is 5.75 Å². The minimum atomic E-state index is -0.366. The van der Waals surface area contributed by atoms with Crippen LogP contribution in [0.2, 0.25) is 0 Å². The molecule has 1 aliphatic heterocycles. The van der Waals surface area contributed by atoms with Crippen LogP contribution < -0.4 is 15.8 Å². The summed E-state index contributed by atoms with van der Waals surface area (Å²) < 4.78 is 11.2. The molecule has 1 fully saturated rings. The minimum absolute atomic E-state index is 0.0170. The molecule has 1 heterocycles. The number of benzene rings is 1. The van der Waals surface area contributed by atoms with Gasteiger partial charge in [0.25, 0.3) is 0 Å². The van der Waals surface area contributed by atoms with Gasteiger partial charge in [0.15, 0.2) is 0 Å². The molecule has 0 unspecified atom stereocenters. The van der Waals surface area contributed by atoms with Gasteiger partial charge in [0, 0.05) is 6.54 Å². The van der Waals surface area contributed by atoms with Crippen LogP contribution in [-0.2, 0) is 14.9 Å². The number of hydrogen-bond donors (Lipinski definition) is 2. The van der Waals surface area contributed by atoms with E-state index in [1.54, 1.807) is 0 Å². The number of nitrogens with two attached hydrogens (primary N) is 1. The van der Waals surface area contributed by atoms with E-state index in [2.05, 4.69) is 38.2 Å². The zero-order valence-electron chi connectivity index (χ0n) is 14.3. The molecule has 3 N–H and O–H groups in total. The first kappa shape index (κ1) is 17.8. The summed E-state index contributed by atoms with van der Waals surface area (Å²) in [6.45, 7) is 7.91. The van der Waals surface area contributed by atoms with Gasteiger partial charge in [0.1, 0.15) is 18.5 Å². The number of ether oxygens (including phenoxy) is 2. The highest BCUT2D eigenvalue weighted by Gasteiger charge is 2.29. The van der Waals surface area contributed by atoms with Crippen LogP contribution in [0.5, 0.6) is 5.75 Å². The predicted octanol–water partition coefficient (Wildman–Crippen LogP) is 1.99. The zero-order valence-corrected chi connectivity index (χ0v) is 14.3. The van der Waals surface area contributed by atoms with E-state index in [4.69, 9.17) is 15.2 Å². The van der Waals surface area contributed by atoms with E-state index in [0.717, 1.165) is 18.6 Å². The fourth-order valence-corrected chi connectivity index (χ4v) is 2.58. The van der Waals surface area contributed by atoms with Gasteiger partial charge in [-0.1, -0.05) is 32.9 Å². The van der Waals surface area contributed by atoms with Crippen LogP contribution in [0.25, 0.3) is 0 Å². The summed E-state index contributed by atoms with van der Waals surface area (Å²) in [7, 11) is 0. The first-order chi connectivity index (χ1) is 10.9. The Kier molecular flexibility index (Phi) is 6.02. The molecule has 0 bridgehead atoms. The first-order valence-corrected chi connectivity index (χ1v) is 8.26. The van der Waals surface area contributed by atoms with Crippen molar-refractivity contribution in [1.29, 1.82) is 0 Å². The Hall–Kier alpha value is -1.59. The Morgan fingerprint density at radius 1 is 1.30 bits per heavy atom. The molecule has 0 aliphatic carbocycles. The molecule has 2 rings (SSSR count). The third-order valence-electron chi connectivity index (χ3n) is 4.05. The van der Waals surface area contributed by atoms with Gasteiger partial charge in [-0.25, -0.2) is 0 Å². The molecule has 1 aromatic carbocycles. The number of carbonyl (C=O) groups excluding carboxylic acids is 1. The second-order valence-electron chi connectivity index (χ2n) is 6.97.